The minimum absolute atomic E-state index is 0.0320. The van der Waals surface area contributed by atoms with Crippen molar-refractivity contribution >= 4 is 32.6 Å². The number of anilines is 1. The van der Waals surface area contributed by atoms with E-state index in [0.29, 0.717) is 15.3 Å². The van der Waals surface area contributed by atoms with Gasteiger partial charge in [-0.25, -0.2) is 9.37 Å². The highest BCUT2D eigenvalue weighted by Crippen LogP contribution is 2.26. The van der Waals surface area contributed by atoms with Crippen molar-refractivity contribution in [1.82, 2.24) is 15.2 Å². The van der Waals surface area contributed by atoms with Gasteiger partial charge in [0.2, 0.25) is 5.91 Å². The van der Waals surface area contributed by atoms with Crippen LogP contribution in [-0.4, -0.2) is 55.2 Å². The van der Waals surface area contributed by atoms with Gasteiger partial charge in [0.25, 0.3) is 0 Å². The number of carbonyl (C=O) groups excluding carboxylic acids is 1. The molecular weight excluding hydrogens is 391 g/mol. The number of rotatable bonds is 7. The summed E-state index contributed by atoms with van der Waals surface area (Å²) >= 11 is 1.27. The molecule has 1 fully saturated rings. The predicted molar refractivity (Wildman–Crippen MR) is 113 cm³/mol. The van der Waals surface area contributed by atoms with Crippen LogP contribution in [-0.2, 0) is 9.53 Å². The zero-order chi connectivity index (χ0) is 20.1. The predicted octanol–water partition coefficient (Wildman–Crippen LogP) is 3.04. The number of carbonyl (C=O) groups is 1. The van der Waals surface area contributed by atoms with Gasteiger partial charge in [0.05, 0.1) is 30.0 Å². The average molecular weight is 415 g/mol. The van der Waals surface area contributed by atoms with Gasteiger partial charge in [0.15, 0.2) is 5.13 Å². The number of hydrogen-bond donors (Lipinski definition) is 2. The Labute approximate surface area is 172 Å². The van der Waals surface area contributed by atoms with E-state index in [2.05, 4.69) is 32.7 Å². The number of ether oxygens (including phenoxy) is 1. The first kappa shape index (κ1) is 19.9. The SMILES string of the molecule is O=C(CNC(CN1CCOCC1)c1ccccc1)Nc1nc2ccc(F)cc2s1. The summed E-state index contributed by atoms with van der Waals surface area (Å²) < 4.78 is 19.5. The molecule has 2 N–H and O–H groups in total. The van der Waals surface area contributed by atoms with Gasteiger partial charge < -0.3 is 15.4 Å². The molecule has 1 atom stereocenters. The summed E-state index contributed by atoms with van der Waals surface area (Å²) in [4.78, 5) is 19.2. The van der Waals surface area contributed by atoms with Gasteiger partial charge in [-0.2, -0.15) is 0 Å². The van der Waals surface area contributed by atoms with Crippen LogP contribution in [0.2, 0.25) is 0 Å². The van der Waals surface area contributed by atoms with E-state index >= 15 is 0 Å². The lowest BCUT2D eigenvalue weighted by Crippen LogP contribution is -2.43. The lowest BCUT2D eigenvalue weighted by molar-refractivity contribution is -0.115. The fourth-order valence-electron chi connectivity index (χ4n) is 3.35. The maximum absolute atomic E-state index is 13.3. The molecule has 152 valence electrons. The molecule has 0 saturated carbocycles. The van der Waals surface area contributed by atoms with Crippen molar-refractivity contribution in [2.45, 2.75) is 6.04 Å². The fraction of sp³-hybridized carbons (Fsp3) is 0.333. The first-order valence-corrected chi connectivity index (χ1v) is 10.4. The zero-order valence-electron chi connectivity index (χ0n) is 15.9. The zero-order valence-corrected chi connectivity index (χ0v) is 16.8. The minimum atomic E-state index is -0.311. The monoisotopic (exact) mass is 414 g/mol. The van der Waals surface area contributed by atoms with Crippen LogP contribution in [0.3, 0.4) is 0 Å². The second kappa shape index (κ2) is 9.41. The van der Waals surface area contributed by atoms with Crippen molar-refractivity contribution in [2.75, 3.05) is 44.7 Å². The van der Waals surface area contributed by atoms with Crippen molar-refractivity contribution in [2.24, 2.45) is 0 Å². The van der Waals surface area contributed by atoms with Crippen molar-refractivity contribution in [3.63, 3.8) is 0 Å². The van der Waals surface area contributed by atoms with E-state index in [1.54, 1.807) is 6.07 Å². The van der Waals surface area contributed by atoms with Gasteiger partial charge in [-0.3, -0.25) is 9.69 Å². The number of benzene rings is 2. The van der Waals surface area contributed by atoms with Gasteiger partial charge in [0, 0.05) is 25.7 Å². The molecule has 0 radical (unpaired) electrons. The van der Waals surface area contributed by atoms with E-state index in [-0.39, 0.29) is 24.3 Å². The van der Waals surface area contributed by atoms with E-state index in [4.69, 9.17) is 4.74 Å². The number of hydrogen-bond acceptors (Lipinski definition) is 6. The van der Waals surface area contributed by atoms with Crippen LogP contribution in [0.25, 0.3) is 10.2 Å². The van der Waals surface area contributed by atoms with Crippen LogP contribution in [0.4, 0.5) is 9.52 Å². The fourth-order valence-corrected chi connectivity index (χ4v) is 4.25. The molecular formula is C21H23FN4O2S. The molecule has 3 aromatic rings. The number of halogens is 1. The first-order valence-electron chi connectivity index (χ1n) is 9.62. The Kier molecular flexibility index (Phi) is 6.46. The molecule has 2 heterocycles. The van der Waals surface area contributed by atoms with Crippen LogP contribution in [0.15, 0.2) is 48.5 Å². The Hall–Kier alpha value is -2.39. The second-order valence-electron chi connectivity index (χ2n) is 6.94. The summed E-state index contributed by atoms with van der Waals surface area (Å²) in [6.07, 6.45) is 0. The molecule has 6 nitrogen and oxygen atoms in total. The molecule has 0 aliphatic carbocycles. The van der Waals surface area contributed by atoms with Crippen LogP contribution in [0.1, 0.15) is 11.6 Å². The summed E-state index contributed by atoms with van der Waals surface area (Å²) in [5.74, 6) is -0.484. The Morgan fingerprint density at radius 3 is 2.79 bits per heavy atom. The van der Waals surface area contributed by atoms with E-state index in [9.17, 15) is 9.18 Å². The van der Waals surface area contributed by atoms with Crippen molar-refractivity contribution in [3.05, 3.63) is 59.9 Å². The van der Waals surface area contributed by atoms with Crippen molar-refractivity contribution < 1.29 is 13.9 Å². The lowest BCUT2D eigenvalue weighted by Gasteiger charge is -2.31. The number of fused-ring (bicyclic) bond motifs is 1. The van der Waals surface area contributed by atoms with E-state index in [1.807, 2.05) is 18.2 Å². The Morgan fingerprint density at radius 1 is 1.21 bits per heavy atom. The molecule has 8 heteroatoms. The second-order valence-corrected chi connectivity index (χ2v) is 7.97. The van der Waals surface area contributed by atoms with Gasteiger partial charge in [-0.15, -0.1) is 0 Å². The number of aromatic nitrogens is 1. The highest BCUT2D eigenvalue weighted by molar-refractivity contribution is 7.22. The summed E-state index contributed by atoms with van der Waals surface area (Å²) in [6, 6.07) is 14.6. The minimum Gasteiger partial charge on any atom is -0.379 e. The third kappa shape index (κ3) is 5.36. The molecule has 0 bridgehead atoms. The van der Waals surface area contributed by atoms with Gasteiger partial charge in [-0.05, 0) is 23.8 Å². The van der Waals surface area contributed by atoms with Crippen molar-refractivity contribution in [3.8, 4) is 0 Å². The number of amides is 1. The standard InChI is InChI=1S/C21H23FN4O2S/c22-16-6-7-17-19(12-16)29-21(24-17)25-20(27)13-23-18(15-4-2-1-3-5-15)14-26-8-10-28-11-9-26/h1-7,12,18,23H,8-11,13-14H2,(H,24,25,27). The smallest absolute Gasteiger partial charge is 0.240 e. The number of thiazole rings is 1. The molecule has 1 amide bonds. The van der Waals surface area contributed by atoms with Crippen LogP contribution < -0.4 is 10.6 Å². The summed E-state index contributed by atoms with van der Waals surface area (Å²) in [5.41, 5.74) is 1.82. The highest BCUT2D eigenvalue weighted by Gasteiger charge is 2.19. The average Bonchev–Trinajstić information content (AvgIpc) is 3.13. The molecule has 2 aromatic carbocycles. The Balaban J connectivity index is 1.38. The van der Waals surface area contributed by atoms with Gasteiger partial charge in [-0.1, -0.05) is 41.7 Å². The summed E-state index contributed by atoms with van der Waals surface area (Å²) in [5, 5.41) is 6.65. The van der Waals surface area contributed by atoms with Crippen molar-refractivity contribution in [1.29, 1.82) is 0 Å². The molecule has 1 aromatic heterocycles. The van der Waals surface area contributed by atoms with E-state index in [1.165, 1.54) is 23.5 Å². The number of nitrogens with zero attached hydrogens (tertiary/aromatic N) is 2. The molecule has 1 aliphatic heterocycles. The summed E-state index contributed by atoms with van der Waals surface area (Å²) in [7, 11) is 0. The third-order valence-corrected chi connectivity index (χ3v) is 5.79. The van der Waals surface area contributed by atoms with E-state index < -0.39 is 0 Å². The quantitative estimate of drug-likeness (QED) is 0.622. The third-order valence-electron chi connectivity index (χ3n) is 4.85. The van der Waals surface area contributed by atoms with Gasteiger partial charge in [0.1, 0.15) is 5.82 Å². The number of morpholine rings is 1. The number of nitrogens with one attached hydrogen (secondary N) is 2. The van der Waals surface area contributed by atoms with Crippen LogP contribution in [0.5, 0.6) is 0 Å². The topological polar surface area (TPSA) is 66.5 Å². The van der Waals surface area contributed by atoms with Crippen LogP contribution in [0, 0.1) is 5.82 Å². The molecule has 1 unspecified atom stereocenters. The molecule has 29 heavy (non-hydrogen) atoms. The highest BCUT2D eigenvalue weighted by atomic mass is 32.1. The molecule has 0 spiro atoms. The summed E-state index contributed by atoms with van der Waals surface area (Å²) in [6.45, 7) is 4.22. The first-order chi connectivity index (χ1) is 14.2. The van der Waals surface area contributed by atoms with Gasteiger partial charge >= 0.3 is 0 Å². The molecule has 1 saturated heterocycles. The Morgan fingerprint density at radius 2 is 2.00 bits per heavy atom. The normalized spacial score (nSPS) is 16.0. The Bertz CT molecular complexity index is 960. The maximum atomic E-state index is 13.3. The largest absolute Gasteiger partial charge is 0.379 e. The lowest BCUT2D eigenvalue weighted by atomic mass is 10.1. The van der Waals surface area contributed by atoms with Crippen LogP contribution >= 0.6 is 11.3 Å². The maximum Gasteiger partial charge on any atom is 0.240 e. The molecule has 1 aliphatic rings. The van der Waals surface area contributed by atoms with E-state index in [0.717, 1.165) is 38.4 Å². The molecule has 4 rings (SSSR count).